The van der Waals surface area contributed by atoms with Crippen LogP contribution in [0.15, 0.2) is 18.2 Å². The quantitative estimate of drug-likeness (QED) is 0.760. The maximum atomic E-state index is 11.6. The Labute approximate surface area is 110 Å². The molecule has 1 aromatic rings. The number of hydrogen-bond acceptors (Lipinski definition) is 3. The third kappa shape index (κ3) is 4.35. The number of carbonyl (C=O) groups is 2. The third-order valence-electron chi connectivity index (χ3n) is 2.40. The van der Waals surface area contributed by atoms with Crippen molar-refractivity contribution in [1.29, 1.82) is 0 Å². The van der Waals surface area contributed by atoms with E-state index in [2.05, 4.69) is 10.6 Å². The van der Waals surface area contributed by atoms with E-state index < -0.39 is 12.0 Å². The van der Waals surface area contributed by atoms with Crippen LogP contribution in [0.2, 0.25) is 5.02 Å². The molecule has 1 amide bonds. The fraction of sp³-hybridized carbons (Fsp3) is 0.333. The first-order chi connectivity index (χ1) is 8.40. The molecule has 0 radical (unpaired) electrons. The van der Waals surface area contributed by atoms with Gasteiger partial charge >= 0.3 is 5.97 Å². The Kier molecular flexibility index (Phi) is 5.12. The van der Waals surface area contributed by atoms with Gasteiger partial charge < -0.3 is 10.4 Å². The molecule has 0 aliphatic carbocycles. The molecule has 18 heavy (non-hydrogen) atoms. The van der Waals surface area contributed by atoms with Gasteiger partial charge in [0.2, 0.25) is 5.91 Å². The van der Waals surface area contributed by atoms with Crippen molar-refractivity contribution in [3.8, 4) is 0 Å². The number of carboxylic acid groups (broad SMARTS) is 1. The fourth-order valence-corrected chi connectivity index (χ4v) is 1.52. The Morgan fingerprint density at radius 2 is 2.11 bits per heavy atom. The lowest BCUT2D eigenvalue weighted by molar-refractivity contribution is -0.139. The standard InChI is InChI=1S/C12H15ClN2O3/c1-7-5-9(13)3-4-10(7)15-11(16)6-14-8(2)12(17)18/h3-5,8,14H,6H2,1-2H3,(H,15,16)(H,17,18)/t8-/m0/s1. The molecule has 0 saturated heterocycles. The van der Waals surface area contributed by atoms with Gasteiger partial charge in [-0.1, -0.05) is 11.6 Å². The lowest BCUT2D eigenvalue weighted by atomic mass is 10.2. The minimum absolute atomic E-state index is 0.0600. The number of aliphatic carboxylic acids is 1. The predicted octanol–water partition coefficient (Wildman–Crippen LogP) is 1.65. The van der Waals surface area contributed by atoms with E-state index in [9.17, 15) is 9.59 Å². The molecule has 0 aliphatic rings. The van der Waals surface area contributed by atoms with Crippen LogP contribution >= 0.6 is 11.6 Å². The highest BCUT2D eigenvalue weighted by molar-refractivity contribution is 6.30. The summed E-state index contributed by atoms with van der Waals surface area (Å²) in [5.41, 5.74) is 1.51. The van der Waals surface area contributed by atoms with E-state index in [1.807, 2.05) is 6.92 Å². The van der Waals surface area contributed by atoms with Crippen LogP contribution < -0.4 is 10.6 Å². The van der Waals surface area contributed by atoms with Crippen molar-refractivity contribution in [1.82, 2.24) is 5.32 Å². The maximum absolute atomic E-state index is 11.6. The van der Waals surface area contributed by atoms with Gasteiger partial charge in [-0.25, -0.2) is 0 Å². The minimum Gasteiger partial charge on any atom is -0.480 e. The molecule has 0 aliphatic heterocycles. The van der Waals surface area contributed by atoms with Gasteiger partial charge in [-0.3, -0.25) is 14.9 Å². The lowest BCUT2D eigenvalue weighted by Crippen LogP contribution is -2.39. The lowest BCUT2D eigenvalue weighted by Gasteiger charge is -2.11. The average Bonchev–Trinajstić information content (AvgIpc) is 2.29. The Hall–Kier alpha value is -1.59. The third-order valence-corrected chi connectivity index (χ3v) is 2.64. The second-order valence-corrected chi connectivity index (χ2v) is 4.38. The monoisotopic (exact) mass is 270 g/mol. The van der Waals surface area contributed by atoms with Gasteiger partial charge in [0.05, 0.1) is 6.54 Å². The largest absolute Gasteiger partial charge is 0.480 e. The number of amides is 1. The van der Waals surface area contributed by atoms with Gasteiger partial charge in [0.1, 0.15) is 6.04 Å². The molecule has 3 N–H and O–H groups in total. The van der Waals surface area contributed by atoms with E-state index in [1.165, 1.54) is 6.92 Å². The van der Waals surface area contributed by atoms with E-state index in [0.29, 0.717) is 10.7 Å². The van der Waals surface area contributed by atoms with Crippen LogP contribution in [0.4, 0.5) is 5.69 Å². The number of halogens is 1. The zero-order valence-corrected chi connectivity index (χ0v) is 10.9. The van der Waals surface area contributed by atoms with E-state index >= 15 is 0 Å². The highest BCUT2D eigenvalue weighted by Gasteiger charge is 2.12. The molecule has 98 valence electrons. The first kappa shape index (κ1) is 14.5. The number of anilines is 1. The summed E-state index contributed by atoms with van der Waals surface area (Å²) in [6, 6.07) is 4.36. The van der Waals surface area contributed by atoms with Crippen molar-refractivity contribution in [3.63, 3.8) is 0 Å². The SMILES string of the molecule is Cc1cc(Cl)ccc1NC(=O)CN[C@@H](C)C(=O)O. The van der Waals surface area contributed by atoms with Crippen molar-refractivity contribution in [2.24, 2.45) is 0 Å². The summed E-state index contributed by atoms with van der Waals surface area (Å²) in [5.74, 6) is -1.29. The number of carbonyl (C=O) groups excluding carboxylic acids is 1. The summed E-state index contributed by atoms with van der Waals surface area (Å²) in [4.78, 5) is 22.1. The van der Waals surface area contributed by atoms with Gasteiger partial charge in [0, 0.05) is 10.7 Å². The molecular weight excluding hydrogens is 256 g/mol. The summed E-state index contributed by atoms with van der Waals surface area (Å²) in [6.45, 7) is 3.24. The number of hydrogen-bond donors (Lipinski definition) is 3. The Morgan fingerprint density at radius 3 is 2.67 bits per heavy atom. The molecule has 0 bridgehead atoms. The van der Waals surface area contributed by atoms with Gasteiger partial charge in [-0.05, 0) is 37.6 Å². The fourth-order valence-electron chi connectivity index (χ4n) is 1.29. The van der Waals surface area contributed by atoms with Crippen LogP contribution in [0, 0.1) is 6.92 Å². The van der Waals surface area contributed by atoms with Crippen LogP contribution in [0.1, 0.15) is 12.5 Å². The van der Waals surface area contributed by atoms with Crippen molar-refractivity contribution < 1.29 is 14.7 Å². The van der Waals surface area contributed by atoms with Crippen LogP contribution in [0.5, 0.6) is 0 Å². The number of rotatable bonds is 5. The molecule has 1 aromatic carbocycles. The number of aryl methyl sites for hydroxylation is 1. The molecule has 5 nitrogen and oxygen atoms in total. The van der Waals surface area contributed by atoms with Crippen molar-refractivity contribution in [2.45, 2.75) is 19.9 Å². The van der Waals surface area contributed by atoms with E-state index in [1.54, 1.807) is 18.2 Å². The Morgan fingerprint density at radius 1 is 1.44 bits per heavy atom. The molecule has 6 heteroatoms. The minimum atomic E-state index is -0.995. The summed E-state index contributed by atoms with van der Waals surface area (Å²) < 4.78 is 0. The normalized spacial score (nSPS) is 11.9. The van der Waals surface area contributed by atoms with E-state index in [4.69, 9.17) is 16.7 Å². The summed E-state index contributed by atoms with van der Waals surface area (Å²) in [5, 5.41) is 14.5. The summed E-state index contributed by atoms with van der Waals surface area (Å²) in [7, 11) is 0. The number of benzene rings is 1. The maximum Gasteiger partial charge on any atom is 0.320 e. The first-order valence-corrected chi connectivity index (χ1v) is 5.80. The van der Waals surface area contributed by atoms with Crippen LogP contribution in [-0.4, -0.2) is 29.6 Å². The molecule has 0 saturated carbocycles. The second kappa shape index (κ2) is 6.37. The zero-order chi connectivity index (χ0) is 13.7. The second-order valence-electron chi connectivity index (χ2n) is 3.95. The zero-order valence-electron chi connectivity index (χ0n) is 10.2. The summed E-state index contributed by atoms with van der Waals surface area (Å²) in [6.07, 6.45) is 0. The van der Waals surface area contributed by atoms with Gasteiger partial charge in [-0.2, -0.15) is 0 Å². The average molecular weight is 271 g/mol. The molecule has 0 fully saturated rings. The van der Waals surface area contributed by atoms with Gasteiger partial charge in [0.15, 0.2) is 0 Å². The highest BCUT2D eigenvalue weighted by Crippen LogP contribution is 2.19. The predicted molar refractivity (Wildman–Crippen MR) is 69.9 cm³/mol. The van der Waals surface area contributed by atoms with Crippen LogP contribution in [0.25, 0.3) is 0 Å². The molecule has 1 atom stereocenters. The Bertz CT molecular complexity index is 463. The van der Waals surface area contributed by atoms with Crippen LogP contribution in [0.3, 0.4) is 0 Å². The van der Waals surface area contributed by atoms with Crippen LogP contribution in [-0.2, 0) is 9.59 Å². The highest BCUT2D eigenvalue weighted by atomic mass is 35.5. The van der Waals surface area contributed by atoms with Gasteiger partial charge in [-0.15, -0.1) is 0 Å². The van der Waals surface area contributed by atoms with Crippen molar-refractivity contribution in [3.05, 3.63) is 28.8 Å². The molecule has 0 aromatic heterocycles. The van der Waals surface area contributed by atoms with E-state index in [0.717, 1.165) is 5.56 Å². The topological polar surface area (TPSA) is 78.4 Å². The molecule has 0 spiro atoms. The van der Waals surface area contributed by atoms with Gasteiger partial charge in [0.25, 0.3) is 0 Å². The first-order valence-electron chi connectivity index (χ1n) is 5.42. The van der Waals surface area contributed by atoms with E-state index in [-0.39, 0.29) is 12.5 Å². The molecule has 0 unspecified atom stereocenters. The summed E-state index contributed by atoms with van der Waals surface area (Å²) >= 11 is 5.80. The number of nitrogens with one attached hydrogen (secondary N) is 2. The van der Waals surface area contributed by atoms with Crippen molar-refractivity contribution in [2.75, 3.05) is 11.9 Å². The Balaban J connectivity index is 2.52. The van der Waals surface area contributed by atoms with Crippen molar-refractivity contribution >= 4 is 29.2 Å². The molecular formula is C12H15ClN2O3. The molecule has 0 heterocycles. The smallest absolute Gasteiger partial charge is 0.320 e. The number of carboxylic acids is 1. The molecule has 1 rings (SSSR count).